The van der Waals surface area contributed by atoms with Crippen molar-refractivity contribution >= 4 is 34.6 Å². The maximum atomic E-state index is 11.7. The van der Waals surface area contributed by atoms with Gasteiger partial charge < -0.3 is 9.47 Å². The van der Waals surface area contributed by atoms with Gasteiger partial charge in [0.05, 0.1) is 13.2 Å². The van der Waals surface area contributed by atoms with Crippen molar-refractivity contribution in [2.75, 3.05) is 13.2 Å². The van der Waals surface area contributed by atoms with E-state index in [1.165, 1.54) is 11.1 Å². The van der Waals surface area contributed by atoms with Crippen LogP contribution in [0.4, 0.5) is 0 Å². The van der Waals surface area contributed by atoms with Gasteiger partial charge in [-0.3, -0.25) is 9.59 Å². The van der Waals surface area contributed by atoms with Crippen molar-refractivity contribution < 1.29 is 19.1 Å². The van der Waals surface area contributed by atoms with E-state index in [1.807, 2.05) is 10.8 Å². The number of carbonyl (C=O) groups is 2. The molecule has 0 atom stereocenters. The number of ether oxygens (including phenoxy) is 2. The molecule has 4 nitrogen and oxygen atoms in total. The number of hydrogen-bond acceptors (Lipinski definition) is 6. The summed E-state index contributed by atoms with van der Waals surface area (Å²) in [4.78, 5) is 23.3. The van der Waals surface area contributed by atoms with Crippen molar-refractivity contribution in [1.29, 1.82) is 0 Å². The molecule has 2 aromatic rings. The third kappa shape index (κ3) is 10.6. The quantitative estimate of drug-likeness (QED) is 0.269. The van der Waals surface area contributed by atoms with Gasteiger partial charge in [-0.25, -0.2) is 0 Å². The molecule has 0 saturated carbocycles. The van der Waals surface area contributed by atoms with Gasteiger partial charge in [-0.05, 0) is 57.6 Å². The first-order valence-corrected chi connectivity index (χ1v) is 12.0. The molecule has 6 heteroatoms. The van der Waals surface area contributed by atoms with Gasteiger partial charge in [0.1, 0.15) is 0 Å². The highest BCUT2D eigenvalue weighted by Crippen LogP contribution is 2.11. The Bertz CT molecular complexity index is 592. The molecule has 2 heterocycles. The molecule has 154 valence electrons. The maximum absolute atomic E-state index is 11.7. The molecule has 28 heavy (non-hydrogen) atoms. The molecule has 2 rings (SSSR count). The van der Waals surface area contributed by atoms with Crippen LogP contribution < -0.4 is 0 Å². The van der Waals surface area contributed by atoms with E-state index in [2.05, 4.69) is 22.9 Å². The van der Waals surface area contributed by atoms with E-state index >= 15 is 0 Å². The van der Waals surface area contributed by atoms with Crippen molar-refractivity contribution in [3.05, 3.63) is 44.8 Å². The van der Waals surface area contributed by atoms with E-state index < -0.39 is 0 Å². The molecule has 0 aliphatic rings. The minimum Gasteiger partial charge on any atom is -0.465 e. The summed E-state index contributed by atoms with van der Waals surface area (Å²) in [6.45, 7) is 0.942. The Morgan fingerprint density at radius 2 is 1.11 bits per heavy atom. The van der Waals surface area contributed by atoms with E-state index in [0.717, 1.165) is 51.4 Å². The standard InChI is InChI=1S/C22H30O4S2/c23-21(25-13-9-19-11-15-27-17-19)7-5-3-1-2-4-6-8-22(24)26-14-10-20-12-16-28-18-20/h11-12,15-18H,1-10,13-14H2. The van der Waals surface area contributed by atoms with Crippen LogP contribution in [0, 0.1) is 0 Å². The first-order chi connectivity index (χ1) is 13.7. The van der Waals surface area contributed by atoms with Crippen molar-refractivity contribution in [1.82, 2.24) is 0 Å². The SMILES string of the molecule is O=C(CCCCCCCCC(=O)OCCc1ccsc1)OCCc1ccsc1. The van der Waals surface area contributed by atoms with Crippen LogP contribution in [0.15, 0.2) is 33.7 Å². The molecular weight excluding hydrogens is 392 g/mol. The van der Waals surface area contributed by atoms with Crippen molar-refractivity contribution in [2.24, 2.45) is 0 Å². The molecule has 2 aromatic heterocycles. The van der Waals surface area contributed by atoms with E-state index in [9.17, 15) is 9.59 Å². The number of carbonyl (C=O) groups excluding carboxylic acids is 2. The van der Waals surface area contributed by atoms with Gasteiger partial charge in [-0.2, -0.15) is 22.7 Å². The number of unbranched alkanes of at least 4 members (excludes halogenated alkanes) is 5. The zero-order valence-corrected chi connectivity index (χ0v) is 18.0. The van der Waals surface area contributed by atoms with Crippen molar-refractivity contribution in [3.8, 4) is 0 Å². The van der Waals surface area contributed by atoms with Crippen LogP contribution in [0.5, 0.6) is 0 Å². The van der Waals surface area contributed by atoms with Crippen LogP contribution in [0.25, 0.3) is 0 Å². The summed E-state index contributed by atoms with van der Waals surface area (Å²) < 4.78 is 10.5. The summed E-state index contributed by atoms with van der Waals surface area (Å²) >= 11 is 3.32. The number of rotatable bonds is 15. The van der Waals surface area contributed by atoms with E-state index in [0.29, 0.717) is 26.1 Å². The lowest BCUT2D eigenvalue weighted by Gasteiger charge is -2.05. The average Bonchev–Trinajstić information content (AvgIpc) is 3.38. The Labute approximate surface area is 175 Å². The van der Waals surface area contributed by atoms with Crippen LogP contribution >= 0.6 is 22.7 Å². The summed E-state index contributed by atoms with van der Waals surface area (Å²) in [7, 11) is 0. The number of hydrogen-bond donors (Lipinski definition) is 0. The van der Waals surface area contributed by atoms with Crippen molar-refractivity contribution in [3.63, 3.8) is 0 Å². The molecule has 0 N–H and O–H groups in total. The lowest BCUT2D eigenvalue weighted by Crippen LogP contribution is -2.07. The van der Waals surface area contributed by atoms with Crippen LogP contribution in [-0.2, 0) is 31.9 Å². The predicted molar refractivity (Wildman–Crippen MR) is 115 cm³/mol. The minimum atomic E-state index is -0.0968. The van der Waals surface area contributed by atoms with Gasteiger partial charge in [0.15, 0.2) is 0 Å². The molecular formula is C22H30O4S2. The lowest BCUT2D eigenvalue weighted by molar-refractivity contribution is -0.144. The molecule has 0 bridgehead atoms. The van der Waals surface area contributed by atoms with Gasteiger partial charge in [0, 0.05) is 25.7 Å². The Balaban J connectivity index is 1.33. The molecule has 0 aliphatic heterocycles. The summed E-state index contributed by atoms with van der Waals surface area (Å²) in [6.07, 6.45) is 8.60. The number of thiophene rings is 2. The summed E-state index contributed by atoms with van der Waals surface area (Å²) in [5.41, 5.74) is 2.45. The fourth-order valence-corrected chi connectivity index (χ4v) is 4.23. The smallest absolute Gasteiger partial charge is 0.305 e. The van der Waals surface area contributed by atoms with E-state index in [4.69, 9.17) is 9.47 Å². The van der Waals surface area contributed by atoms with Gasteiger partial charge in [-0.1, -0.05) is 25.7 Å². The molecule has 0 saturated heterocycles. The highest BCUT2D eigenvalue weighted by atomic mass is 32.1. The van der Waals surface area contributed by atoms with E-state index in [1.54, 1.807) is 22.7 Å². The van der Waals surface area contributed by atoms with Crippen LogP contribution in [0.1, 0.15) is 62.5 Å². The minimum absolute atomic E-state index is 0.0968. The molecule has 0 amide bonds. The summed E-state index contributed by atoms with van der Waals surface area (Å²) in [6, 6.07) is 4.12. The Hall–Kier alpha value is -1.66. The average molecular weight is 423 g/mol. The first-order valence-electron chi connectivity index (χ1n) is 10.1. The second kappa shape index (κ2) is 14.4. The monoisotopic (exact) mass is 422 g/mol. The topological polar surface area (TPSA) is 52.6 Å². The number of esters is 2. The highest BCUT2D eigenvalue weighted by Gasteiger charge is 2.05. The van der Waals surface area contributed by atoms with Gasteiger partial charge in [0.25, 0.3) is 0 Å². The van der Waals surface area contributed by atoms with Crippen LogP contribution in [-0.4, -0.2) is 25.2 Å². The Kier molecular flexibility index (Phi) is 11.6. The van der Waals surface area contributed by atoms with E-state index in [-0.39, 0.29) is 11.9 Å². The predicted octanol–water partition coefficient (Wildman–Crippen LogP) is 5.80. The molecule has 0 radical (unpaired) electrons. The fraction of sp³-hybridized carbons (Fsp3) is 0.545. The van der Waals surface area contributed by atoms with Crippen LogP contribution in [0.2, 0.25) is 0 Å². The maximum Gasteiger partial charge on any atom is 0.305 e. The molecule has 0 unspecified atom stereocenters. The van der Waals surface area contributed by atoms with Gasteiger partial charge in [0.2, 0.25) is 0 Å². The summed E-state index contributed by atoms with van der Waals surface area (Å²) in [5, 5.41) is 8.23. The zero-order valence-electron chi connectivity index (χ0n) is 16.4. The molecule has 0 spiro atoms. The Morgan fingerprint density at radius 3 is 1.50 bits per heavy atom. The van der Waals surface area contributed by atoms with Gasteiger partial charge >= 0.3 is 11.9 Å². The molecule has 0 aromatic carbocycles. The zero-order chi connectivity index (χ0) is 19.9. The molecule has 0 fully saturated rings. The Morgan fingerprint density at radius 1 is 0.679 bits per heavy atom. The summed E-state index contributed by atoms with van der Waals surface area (Å²) in [5.74, 6) is -0.194. The highest BCUT2D eigenvalue weighted by molar-refractivity contribution is 7.08. The normalized spacial score (nSPS) is 10.7. The van der Waals surface area contributed by atoms with Crippen molar-refractivity contribution in [2.45, 2.75) is 64.2 Å². The largest absolute Gasteiger partial charge is 0.465 e. The third-order valence-electron chi connectivity index (χ3n) is 4.48. The van der Waals surface area contributed by atoms with Crippen LogP contribution in [0.3, 0.4) is 0 Å². The molecule has 0 aliphatic carbocycles. The van der Waals surface area contributed by atoms with Gasteiger partial charge in [-0.15, -0.1) is 0 Å². The third-order valence-corrected chi connectivity index (χ3v) is 5.94. The second-order valence-corrected chi connectivity index (χ2v) is 8.39. The fourth-order valence-electron chi connectivity index (χ4n) is 2.83. The second-order valence-electron chi connectivity index (χ2n) is 6.83. The lowest BCUT2D eigenvalue weighted by atomic mass is 10.1. The first kappa shape index (κ1) is 22.6.